The largest absolute Gasteiger partial charge is 0.354 e. The Bertz CT molecular complexity index is 582. The van der Waals surface area contributed by atoms with Crippen LogP contribution < -0.4 is 5.14 Å². The minimum atomic E-state index is -1.29. The Kier molecular flexibility index (Phi) is 3.77. The average Bonchev–Trinajstić information content (AvgIpc) is 2.70. The smallest absolute Gasteiger partial charge is 0.185 e. The predicted molar refractivity (Wildman–Crippen MR) is 71.4 cm³/mol. The number of pyridine rings is 1. The molecule has 98 valence electrons. The number of hydrogen-bond donors (Lipinski definition) is 1. The molecule has 2 unspecified atom stereocenters. The molecule has 2 heterocycles. The number of fused-ring (bicyclic) bond motifs is 1. The lowest BCUT2D eigenvalue weighted by Gasteiger charge is -2.14. The normalized spacial score (nSPS) is 16.7. The van der Waals surface area contributed by atoms with E-state index < -0.39 is 11.0 Å². The van der Waals surface area contributed by atoms with Crippen LogP contribution in [0.3, 0.4) is 0 Å². The fraction of sp³-hybridized carbons (Fsp3) is 0.500. The average molecular weight is 267 g/mol. The molecule has 2 aromatic heterocycles. The van der Waals surface area contributed by atoms with Gasteiger partial charge in [0.2, 0.25) is 0 Å². The summed E-state index contributed by atoms with van der Waals surface area (Å²) in [5.74, 6) is 0.200. The molecule has 0 aliphatic carbocycles. The summed E-state index contributed by atoms with van der Waals surface area (Å²) in [4.78, 5) is 4.36. The van der Waals surface area contributed by atoms with Gasteiger partial charge in [-0.25, -0.2) is 4.21 Å². The van der Waals surface area contributed by atoms with Crippen molar-refractivity contribution in [3.05, 3.63) is 23.7 Å². The van der Waals surface area contributed by atoms with Crippen molar-refractivity contribution in [2.45, 2.75) is 38.4 Å². The van der Waals surface area contributed by atoms with Gasteiger partial charge in [0.1, 0.15) is 0 Å². The van der Waals surface area contributed by atoms with Crippen LogP contribution in [0.4, 0.5) is 0 Å². The molecule has 0 aromatic carbocycles. The van der Waals surface area contributed by atoms with E-state index in [9.17, 15) is 4.21 Å². The van der Waals surface area contributed by atoms with Crippen molar-refractivity contribution in [3.8, 4) is 0 Å². The molecule has 0 aliphatic heterocycles. The molecule has 2 N–H and O–H groups in total. The van der Waals surface area contributed by atoms with Gasteiger partial charge in [-0.3, -0.25) is 10.1 Å². The highest BCUT2D eigenvalue weighted by Gasteiger charge is 2.16. The van der Waals surface area contributed by atoms with Crippen molar-refractivity contribution in [1.29, 1.82) is 0 Å². The molecule has 0 radical (unpaired) electrons. The highest BCUT2D eigenvalue weighted by molar-refractivity contribution is 7.83. The summed E-state index contributed by atoms with van der Waals surface area (Å²) < 4.78 is 16.3. The fourth-order valence-electron chi connectivity index (χ4n) is 1.96. The zero-order valence-electron chi connectivity index (χ0n) is 10.7. The third-order valence-corrected chi connectivity index (χ3v) is 4.13. The summed E-state index contributed by atoms with van der Waals surface area (Å²) in [5.41, 5.74) is 2.50. The summed E-state index contributed by atoms with van der Waals surface area (Å²) in [6.45, 7) is 5.84. The summed E-state index contributed by atoms with van der Waals surface area (Å²) in [5, 5.41) is 10.2. The highest BCUT2D eigenvalue weighted by atomic mass is 32.2. The molecule has 2 aromatic rings. The number of hydrogen-bond acceptors (Lipinski definition) is 4. The molecule has 18 heavy (non-hydrogen) atoms. The topological polar surface area (TPSA) is 82.0 Å². The fourth-order valence-corrected chi connectivity index (χ4v) is 2.44. The van der Waals surface area contributed by atoms with Crippen LogP contribution in [-0.4, -0.2) is 19.6 Å². The molecule has 6 heteroatoms. The number of rotatable bonds is 4. The molecule has 0 fully saturated rings. The van der Waals surface area contributed by atoms with Crippen molar-refractivity contribution in [2.24, 2.45) is 5.14 Å². The van der Waals surface area contributed by atoms with Gasteiger partial charge in [-0.2, -0.15) is 0 Å². The van der Waals surface area contributed by atoms with E-state index in [2.05, 4.69) is 17.1 Å². The second-order valence-corrected chi connectivity index (χ2v) is 6.11. The third kappa shape index (κ3) is 2.59. The number of aromatic nitrogens is 2. The van der Waals surface area contributed by atoms with Gasteiger partial charge in [0.25, 0.3) is 0 Å². The van der Waals surface area contributed by atoms with E-state index in [0.717, 1.165) is 23.2 Å². The van der Waals surface area contributed by atoms with Gasteiger partial charge in [0.15, 0.2) is 5.58 Å². The molecule has 0 aliphatic rings. The number of nitrogens with two attached hydrogens (primary N) is 1. The highest BCUT2D eigenvalue weighted by Crippen LogP contribution is 2.25. The van der Waals surface area contributed by atoms with Crippen LogP contribution in [0.2, 0.25) is 0 Å². The Balaban J connectivity index is 2.24. The molecule has 0 amide bonds. The first-order valence-corrected chi connectivity index (χ1v) is 7.13. The zero-order chi connectivity index (χ0) is 13.3. The second kappa shape index (κ2) is 5.16. The predicted octanol–water partition coefficient (Wildman–Crippen LogP) is 2.04. The third-order valence-electron chi connectivity index (χ3n) is 3.15. The van der Waals surface area contributed by atoms with Crippen LogP contribution in [0.25, 0.3) is 11.0 Å². The first-order valence-electron chi connectivity index (χ1n) is 5.86. The van der Waals surface area contributed by atoms with Crippen molar-refractivity contribution >= 4 is 22.0 Å². The number of aryl methyl sites for hydroxylation is 1. The molecule has 0 spiro atoms. The molecule has 0 saturated heterocycles. The summed E-state index contributed by atoms with van der Waals surface area (Å²) in [6, 6.07) is 1.98. The first-order chi connectivity index (χ1) is 8.49. The van der Waals surface area contributed by atoms with E-state index in [4.69, 9.17) is 9.66 Å². The number of nitrogens with zero attached hydrogens (tertiary/aromatic N) is 2. The molecular weight excluding hydrogens is 250 g/mol. The monoisotopic (exact) mass is 267 g/mol. The first kappa shape index (κ1) is 13.2. The van der Waals surface area contributed by atoms with Crippen LogP contribution in [-0.2, 0) is 11.0 Å². The SMILES string of the molecule is Cc1noc2cnc([C@H](C)CC(C)S(N)=O)cc12. The van der Waals surface area contributed by atoms with Crippen molar-refractivity contribution < 1.29 is 8.73 Å². The van der Waals surface area contributed by atoms with Crippen LogP contribution >= 0.6 is 0 Å². The van der Waals surface area contributed by atoms with E-state index in [1.807, 2.05) is 19.9 Å². The maximum Gasteiger partial charge on any atom is 0.185 e. The second-order valence-electron chi connectivity index (χ2n) is 4.65. The summed E-state index contributed by atoms with van der Waals surface area (Å²) in [7, 11) is -1.29. The summed E-state index contributed by atoms with van der Waals surface area (Å²) >= 11 is 0. The maximum atomic E-state index is 11.2. The molecule has 0 saturated carbocycles. The van der Waals surface area contributed by atoms with E-state index >= 15 is 0 Å². The van der Waals surface area contributed by atoms with Gasteiger partial charge in [0.05, 0.1) is 22.9 Å². The van der Waals surface area contributed by atoms with Crippen LogP contribution in [0.15, 0.2) is 16.8 Å². The van der Waals surface area contributed by atoms with Gasteiger partial charge in [-0.1, -0.05) is 12.1 Å². The lowest BCUT2D eigenvalue weighted by atomic mass is 10.0. The molecule has 2 rings (SSSR count). The Hall–Kier alpha value is -1.27. The Labute approximate surface area is 108 Å². The molecule has 5 nitrogen and oxygen atoms in total. The maximum absolute atomic E-state index is 11.2. The minimum Gasteiger partial charge on any atom is -0.354 e. The van der Waals surface area contributed by atoms with Gasteiger partial charge in [-0.15, -0.1) is 0 Å². The van der Waals surface area contributed by atoms with E-state index in [1.165, 1.54) is 0 Å². The molecular formula is C12H17N3O2S. The Morgan fingerprint density at radius 1 is 1.50 bits per heavy atom. The Morgan fingerprint density at radius 3 is 2.89 bits per heavy atom. The van der Waals surface area contributed by atoms with E-state index in [0.29, 0.717) is 5.58 Å². The van der Waals surface area contributed by atoms with Gasteiger partial charge in [-0.05, 0) is 32.3 Å². The molecule has 3 atom stereocenters. The van der Waals surface area contributed by atoms with Crippen LogP contribution in [0.5, 0.6) is 0 Å². The zero-order valence-corrected chi connectivity index (χ0v) is 11.5. The lowest BCUT2D eigenvalue weighted by Crippen LogP contribution is -2.20. The van der Waals surface area contributed by atoms with Crippen molar-refractivity contribution in [3.63, 3.8) is 0 Å². The van der Waals surface area contributed by atoms with Gasteiger partial charge >= 0.3 is 0 Å². The van der Waals surface area contributed by atoms with Crippen molar-refractivity contribution in [1.82, 2.24) is 10.1 Å². The van der Waals surface area contributed by atoms with E-state index in [-0.39, 0.29) is 11.2 Å². The van der Waals surface area contributed by atoms with Crippen molar-refractivity contribution in [2.75, 3.05) is 0 Å². The Morgan fingerprint density at radius 2 is 2.22 bits per heavy atom. The van der Waals surface area contributed by atoms with Gasteiger partial charge in [0, 0.05) is 16.3 Å². The summed E-state index contributed by atoms with van der Waals surface area (Å²) in [6.07, 6.45) is 2.43. The van der Waals surface area contributed by atoms with E-state index in [1.54, 1.807) is 6.20 Å². The van der Waals surface area contributed by atoms with Crippen LogP contribution in [0, 0.1) is 6.92 Å². The quantitative estimate of drug-likeness (QED) is 0.919. The standard InChI is InChI=1S/C12H17N3O2S/c1-7(4-8(2)18(13)16)11-5-10-9(3)15-17-12(10)6-14-11/h5-8H,4,13H2,1-3H3/t7-,8?,18?/m1/s1. The van der Waals surface area contributed by atoms with Crippen LogP contribution in [0.1, 0.15) is 37.6 Å². The molecule has 0 bridgehead atoms. The minimum absolute atomic E-state index is 0.0407. The van der Waals surface area contributed by atoms with Gasteiger partial charge < -0.3 is 4.52 Å². The lowest BCUT2D eigenvalue weighted by molar-refractivity contribution is 0.449.